The summed E-state index contributed by atoms with van der Waals surface area (Å²) in [5.41, 5.74) is 0.880. The molecular formula is C10H9BrN4. The predicted molar refractivity (Wildman–Crippen MR) is 59.3 cm³/mol. The Hall–Kier alpha value is -1.23. The molecule has 0 N–H and O–H groups in total. The lowest BCUT2D eigenvalue weighted by Crippen LogP contribution is -1.97. The lowest BCUT2D eigenvalue weighted by molar-refractivity contribution is 0.746. The average molecular weight is 265 g/mol. The molecule has 2 aromatic heterocycles. The Balaban J connectivity index is 2.13. The van der Waals surface area contributed by atoms with Gasteiger partial charge >= 0.3 is 0 Å². The van der Waals surface area contributed by atoms with Gasteiger partial charge < -0.3 is 4.57 Å². The highest BCUT2D eigenvalue weighted by molar-refractivity contribution is 9.10. The van der Waals surface area contributed by atoms with E-state index < -0.39 is 0 Å². The predicted octanol–water partition coefficient (Wildman–Crippen LogP) is 2.05. The number of aromatic nitrogens is 4. The largest absolute Gasteiger partial charge is 0.310 e. The van der Waals surface area contributed by atoms with Gasteiger partial charge in [-0.2, -0.15) is 0 Å². The first-order chi connectivity index (χ1) is 7.34. The third-order valence-electron chi connectivity index (χ3n) is 2.55. The van der Waals surface area contributed by atoms with Crippen LogP contribution in [0.1, 0.15) is 12.2 Å². The van der Waals surface area contributed by atoms with Crippen molar-refractivity contribution in [2.45, 2.75) is 19.4 Å². The third-order valence-corrected chi connectivity index (χ3v) is 3.00. The van der Waals surface area contributed by atoms with Gasteiger partial charge in [0, 0.05) is 13.0 Å². The fourth-order valence-electron chi connectivity index (χ4n) is 1.87. The normalized spacial score (nSPS) is 14.2. The van der Waals surface area contributed by atoms with Gasteiger partial charge in [0.05, 0.1) is 0 Å². The van der Waals surface area contributed by atoms with E-state index >= 15 is 0 Å². The number of hydrogen-bond donors (Lipinski definition) is 0. The van der Waals surface area contributed by atoms with Crippen LogP contribution in [-0.2, 0) is 13.0 Å². The number of pyridine rings is 1. The second kappa shape index (κ2) is 3.41. The number of halogens is 1. The first-order valence-corrected chi connectivity index (χ1v) is 5.69. The van der Waals surface area contributed by atoms with Gasteiger partial charge in [-0.15, -0.1) is 10.2 Å². The number of hydrogen-bond acceptors (Lipinski definition) is 3. The van der Waals surface area contributed by atoms with E-state index in [0.29, 0.717) is 0 Å². The molecule has 0 saturated carbocycles. The van der Waals surface area contributed by atoms with E-state index in [9.17, 15) is 0 Å². The van der Waals surface area contributed by atoms with Gasteiger partial charge in [0.2, 0.25) is 0 Å². The van der Waals surface area contributed by atoms with Gasteiger partial charge in [0.1, 0.15) is 16.1 Å². The van der Waals surface area contributed by atoms with Crippen LogP contribution in [0.5, 0.6) is 0 Å². The molecule has 0 aliphatic carbocycles. The lowest BCUT2D eigenvalue weighted by Gasteiger charge is -2.01. The molecule has 0 bridgehead atoms. The standard InChI is InChI=1S/C10H9BrN4/c11-8-4-1-3-7(12-8)10-14-13-9-5-2-6-15(9)10/h1,3-4H,2,5-6H2. The summed E-state index contributed by atoms with van der Waals surface area (Å²) in [7, 11) is 0. The molecule has 5 heteroatoms. The Bertz CT molecular complexity index is 506. The van der Waals surface area contributed by atoms with E-state index in [0.717, 1.165) is 41.3 Å². The Morgan fingerprint density at radius 2 is 2.20 bits per heavy atom. The minimum atomic E-state index is 0.829. The number of fused-ring (bicyclic) bond motifs is 1. The zero-order chi connectivity index (χ0) is 10.3. The molecule has 0 unspecified atom stereocenters. The monoisotopic (exact) mass is 264 g/mol. The molecule has 0 amide bonds. The van der Waals surface area contributed by atoms with E-state index in [2.05, 4.69) is 35.7 Å². The Kier molecular flexibility index (Phi) is 2.05. The van der Waals surface area contributed by atoms with Crippen molar-refractivity contribution in [3.63, 3.8) is 0 Å². The molecule has 0 radical (unpaired) electrons. The van der Waals surface area contributed by atoms with Gasteiger partial charge in [-0.25, -0.2) is 4.98 Å². The van der Waals surface area contributed by atoms with Crippen molar-refractivity contribution in [3.8, 4) is 11.5 Å². The molecule has 3 heterocycles. The molecule has 4 nitrogen and oxygen atoms in total. The van der Waals surface area contributed by atoms with Crippen LogP contribution in [0, 0.1) is 0 Å². The van der Waals surface area contributed by atoms with E-state index in [1.165, 1.54) is 0 Å². The average Bonchev–Trinajstić information content (AvgIpc) is 2.77. The summed E-state index contributed by atoms with van der Waals surface area (Å²) in [6.07, 6.45) is 2.19. The molecule has 0 saturated heterocycles. The molecule has 76 valence electrons. The molecule has 0 fully saturated rings. The van der Waals surface area contributed by atoms with Crippen molar-refractivity contribution in [2.75, 3.05) is 0 Å². The summed E-state index contributed by atoms with van der Waals surface area (Å²) in [6.45, 7) is 1.01. The zero-order valence-electron chi connectivity index (χ0n) is 8.02. The van der Waals surface area contributed by atoms with Gasteiger partial charge in [-0.05, 0) is 34.5 Å². The molecule has 0 atom stereocenters. The first kappa shape index (κ1) is 9.03. The SMILES string of the molecule is Brc1cccc(-c2nnc3n2CCC3)n1. The number of aryl methyl sites for hydroxylation is 1. The van der Waals surface area contributed by atoms with Crippen molar-refractivity contribution < 1.29 is 0 Å². The van der Waals surface area contributed by atoms with Crippen molar-refractivity contribution in [1.29, 1.82) is 0 Å². The van der Waals surface area contributed by atoms with E-state index in [1.807, 2.05) is 18.2 Å². The van der Waals surface area contributed by atoms with Gasteiger partial charge in [-0.1, -0.05) is 6.07 Å². The zero-order valence-corrected chi connectivity index (χ0v) is 9.61. The van der Waals surface area contributed by atoms with E-state index in [4.69, 9.17) is 0 Å². The summed E-state index contributed by atoms with van der Waals surface area (Å²) in [5.74, 6) is 1.95. The Morgan fingerprint density at radius 1 is 1.27 bits per heavy atom. The molecule has 0 spiro atoms. The maximum absolute atomic E-state index is 4.39. The summed E-state index contributed by atoms with van der Waals surface area (Å²) in [6, 6.07) is 5.83. The van der Waals surface area contributed by atoms with Crippen LogP contribution in [0.15, 0.2) is 22.8 Å². The molecule has 0 aromatic carbocycles. The van der Waals surface area contributed by atoms with Gasteiger partial charge in [-0.3, -0.25) is 0 Å². The molecule has 15 heavy (non-hydrogen) atoms. The van der Waals surface area contributed by atoms with Crippen LogP contribution in [0.3, 0.4) is 0 Å². The minimum Gasteiger partial charge on any atom is -0.310 e. The Labute approximate surface area is 95.5 Å². The quantitative estimate of drug-likeness (QED) is 0.741. The van der Waals surface area contributed by atoms with Gasteiger partial charge in [0.25, 0.3) is 0 Å². The van der Waals surface area contributed by atoms with Crippen LogP contribution < -0.4 is 0 Å². The first-order valence-electron chi connectivity index (χ1n) is 4.89. The summed E-state index contributed by atoms with van der Waals surface area (Å²) in [4.78, 5) is 4.39. The minimum absolute atomic E-state index is 0.829. The van der Waals surface area contributed by atoms with Crippen LogP contribution in [-0.4, -0.2) is 19.7 Å². The van der Waals surface area contributed by atoms with Gasteiger partial charge in [0.15, 0.2) is 5.82 Å². The summed E-state index contributed by atoms with van der Waals surface area (Å²) >= 11 is 3.36. The van der Waals surface area contributed by atoms with Crippen LogP contribution in [0.4, 0.5) is 0 Å². The number of rotatable bonds is 1. The number of nitrogens with zero attached hydrogens (tertiary/aromatic N) is 4. The highest BCUT2D eigenvalue weighted by Gasteiger charge is 2.18. The Morgan fingerprint density at radius 3 is 3.07 bits per heavy atom. The van der Waals surface area contributed by atoms with Crippen LogP contribution in [0.25, 0.3) is 11.5 Å². The second-order valence-corrected chi connectivity index (χ2v) is 4.35. The molecule has 1 aliphatic rings. The summed E-state index contributed by atoms with van der Waals surface area (Å²) < 4.78 is 2.98. The van der Waals surface area contributed by atoms with Crippen LogP contribution in [0.2, 0.25) is 0 Å². The van der Waals surface area contributed by atoms with Crippen LogP contribution >= 0.6 is 15.9 Å². The molecule has 1 aliphatic heterocycles. The highest BCUT2D eigenvalue weighted by Crippen LogP contribution is 2.22. The molecule has 2 aromatic rings. The smallest absolute Gasteiger partial charge is 0.182 e. The summed E-state index contributed by atoms with van der Waals surface area (Å²) in [5, 5.41) is 8.34. The fourth-order valence-corrected chi connectivity index (χ4v) is 2.22. The van der Waals surface area contributed by atoms with Crippen molar-refractivity contribution >= 4 is 15.9 Å². The maximum Gasteiger partial charge on any atom is 0.182 e. The fraction of sp³-hybridized carbons (Fsp3) is 0.300. The third kappa shape index (κ3) is 1.47. The lowest BCUT2D eigenvalue weighted by atomic mass is 10.3. The molecular weight excluding hydrogens is 256 g/mol. The highest BCUT2D eigenvalue weighted by atomic mass is 79.9. The van der Waals surface area contributed by atoms with E-state index in [-0.39, 0.29) is 0 Å². The van der Waals surface area contributed by atoms with Crippen molar-refractivity contribution in [3.05, 3.63) is 28.6 Å². The van der Waals surface area contributed by atoms with Crippen molar-refractivity contribution in [1.82, 2.24) is 19.7 Å². The van der Waals surface area contributed by atoms with Crippen molar-refractivity contribution in [2.24, 2.45) is 0 Å². The molecule has 3 rings (SSSR count). The van der Waals surface area contributed by atoms with E-state index in [1.54, 1.807) is 0 Å². The maximum atomic E-state index is 4.39. The topological polar surface area (TPSA) is 43.6 Å². The second-order valence-electron chi connectivity index (χ2n) is 3.54.